The van der Waals surface area contributed by atoms with Crippen molar-refractivity contribution in [2.24, 2.45) is 5.41 Å². The molecule has 1 aliphatic carbocycles. The maximum atomic E-state index is 12.6. The Hall–Kier alpha value is -2.07. The summed E-state index contributed by atoms with van der Waals surface area (Å²) in [6.45, 7) is 17.4. The number of rotatable bonds is 7. The molecule has 1 aromatic heterocycles. The second-order valence-electron chi connectivity index (χ2n) is 12.1. The van der Waals surface area contributed by atoms with Crippen molar-refractivity contribution >= 4 is 5.91 Å². The van der Waals surface area contributed by atoms with Crippen LogP contribution in [0.1, 0.15) is 93.0 Å². The predicted molar refractivity (Wildman–Crippen MR) is 133 cm³/mol. The number of carbonyl (C=O) groups excluding carboxylic acids is 1. The van der Waals surface area contributed by atoms with Crippen molar-refractivity contribution in [3.8, 4) is 0 Å². The first-order valence-corrected chi connectivity index (χ1v) is 11.9. The molecular weight excluding hydrogens is 396 g/mol. The summed E-state index contributed by atoms with van der Waals surface area (Å²) >= 11 is 0. The highest BCUT2D eigenvalue weighted by Crippen LogP contribution is 2.46. The van der Waals surface area contributed by atoms with Crippen LogP contribution in [0.5, 0.6) is 0 Å². The van der Waals surface area contributed by atoms with Gasteiger partial charge in [0.2, 0.25) is 0 Å². The summed E-state index contributed by atoms with van der Waals surface area (Å²) in [7, 11) is 4.10. The number of nitrogens with one attached hydrogen (secondary N) is 1. The standard InChI is InChI=1S/C28H42N2O2/c1-19-14-22-23(28(6,7)13-12-27(22,4)5)16-20(19)15-21-10-11-24(32-21)25(31)29-17-26(2,3)18-30(8)9/h10-11,14,16H,12-13,15,17-18H2,1-9H3,(H,29,31). The van der Waals surface area contributed by atoms with Gasteiger partial charge >= 0.3 is 0 Å². The number of amides is 1. The van der Waals surface area contributed by atoms with Crippen LogP contribution >= 0.6 is 0 Å². The number of aryl methyl sites for hydroxylation is 1. The van der Waals surface area contributed by atoms with Gasteiger partial charge in [-0.25, -0.2) is 0 Å². The first-order valence-electron chi connectivity index (χ1n) is 11.9. The number of hydrogen-bond donors (Lipinski definition) is 1. The molecule has 0 radical (unpaired) electrons. The largest absolute Gasteiger partial charge is 0.456 e. The Bertz CT molecular complexity index is 979. The minimum atomic E-state index is -0.145. The van der Waals surface area contributed by atoms with Gasteiger partial charge in [-0.2, -0.15) is 0 Å². The van der Waals surface area contributed by atoms with Gasteiger partial charge in [0.05, 0.1) is 0 Å². The average molecular weight is 439 g/mol. The lowest BCUT2D eigenvalue weighted by Gasteiger charge is -2.42. The van der Waals surface area contributed by atoms with Crippen molar-refractivity contribution in [2.45, 2.75) is 78.6 Å². The minimum absolute atomic E-state index is 0.00456. The molecule has 1 aliphatic rings. The molecule has 0 bridgehead atoms. The fourth-order valence-corrected chi connectivity index (χ4v) is 5.06. The van der Waals surface area contributed by atoms with Crippen LogP contribution < -0.4 is 5.32 Å². The van der Waals surface area contributed by atoms with Crippen molar-refractivity contribution in [1.29, 1.82) is 0 Å². The summed E-state index contributed by atoms with van der Waals surface area (Å²) in [5.74, 6) is 1.07. The molecule has 1 N–H and O–H groups in total. The second-order valence-corrected chi connectivity index (χ2v) is 12.1. The quantitative estimate of drug-likeness (QED) is 0.590. The van der Waals surface area contributed by atoms with Gasteiger partial charge in [-0.3, -0.25) is 4.79 Å². The Balaban J connectivity index is 1.75. The molecule has 0 aliphatic heterocycles. The molecule has 4 heteroatoms. The highest BCUT2D eigenvalue weighted by atomic mass is 16.3. The molecule has 0 saturated carbocycles. The fraction of sp³-hybridized carbons (Fsp3) is 0.607. The minimum Gasteiger partial charge on any atom is -0.456 e. The lowest BCUT2D eigenvalue weighted by Crippen LogP contribution is -2.39. The zero-order valence-corrected chi connectivity index (χ0v) is 21.6. The Morgan fingerprint density at radius 2 is 1.66 bits per heavy atom. The van der Waals surface area contributed by atoms with Gasteiger partial charge in [-0.15, -0.1) is 0 Å². The third kappa shape index (κ3) is 5.46. The van der Waals surface area contributed by atoms with E-state index in [1.54, 1.807) is 6.07 Å². The number of benzene rings is 1. The number of carbonyl (C=O) groups is 1. The van der Waals surface area contributed by atoms with E-state index < -0.39 is 0 Å². The van der Waals surface area contributed by atoms with Crippen molar-refractivity contribution in [3.05, 3.63) is 58.0 Å². The monoisotopic (exact) mass is 438 g/mol. The van der Waals surface area contributed by atoms with Crippen LogP contribution in [0.25, 0.3) is 0 Å². The fourth-order valence-electron chi connectivity index (χ4n) is 5.06. The molecule has 0 fully saturated rings. The van der Waals surface area contributed by atoms with E-state index in [0.29, 0.717) is 18.7 Å². The van der Waals surface area contributed by atoms with Crippen LogP contribution in [0.2, 0.25) is 0 Å². The van der Waals surface area contributed by atoms with Crippen LogP contribution in [-0.2, 0) is 17.3 Å². The van der Waals surface area contributed by atoms with Crippen LogP contribution in [-0.4, -0.2) is 38.0 Å². The van der Waals surface area contributed by atoms with E-state index in [1.165, 1.54) is 35.1 Å². The van der Waals surface area contributed by atoms with Gasteiger partial charge in [0, 0.05) is 19.5 Å². The van der Waals surface area contributed by atoms with E-state index in [9.17, 15) is 4.79 Å². The van der Waals surface area contributed by atoms with Crippen LogP contribution in [0, 0.1) is 12.3 Å². The van der Waals surface area contributed by atoms with Gasteiger partial charge in [0.25, 0.3) is 5.91 Å². The molecule has 0 unspecified atom stereocenters. The molecule has 176 valence electrons. The third-order valence-corrected chi connectivity index (χ3v) is 7.03. The Morgan fingerprint density at radius 3 is 2.25 bits per heavy atom. The molecular formula is C28H42N2O2. The highest BCUT2D eigenvalue weighted by Gasteiger charge is 2.37. The topological polar surface area (TPSA) is 45.5 Å². The maximum Gasteiger partial charge on any atom is 0.287 e. The molecule has 4 nitrogen and oxygen atoms in total. The normalized spacial score (nSPS) is 17.3. The molecule has 1 heterocycles. The molecule has 2 aromatic rings. The SMILES string of the molecule is Cc1cc2c(cc1Cc1ccc(C(=O)NCC(C)(C)CN(C)C)o1)C(C)(C)CCC2(C)C. The highest BCUT2D eigenvalue weighted by molar-refractivity contribution is 5.91. The average Bonchev–Trinajstić information content (AvgIpc) is 3.12. The van der Waals surface area contributed by atoms with E-state index in [2.05, 4.69) is 70.8 Å². The van der Waals surface area contributed by atoms with Crippen molar-refractivity contribution < 1.29 is 9.21 Å². The lowest BCUT2D eigenvalue weighted by molar-refractivity contribution is 0.0900. The number of furan rings is 1. The van der Waals surface area contributed by atoms with Crippen molar-refractivity contribution in [2.75, 3.05) is 27.2 Å². The van der Waals surface area contributed by atoms with Crippen molar-refractivity contribution in [3.63, 3.8) is 0 Å². The Kier molecular flexibility index (Phi) is 6.68. The summed E-state index contributed by atoms with van der Waals surface area (Å²) in [5, 5.41) is 3.03. The van der Waals surface area contributed by atoms with Gasteiger partial charge < -0.3 is 14.6 Å². The predicted octanol–water partition coefficient (Wildman–Crippen LogP) is 5.85. The Labute approximate surface area is 194 Å². The third-order valence-electron chi connectivity index (χ3n) is 7.03. The van der Waals surface area contributed by atoms with Crippen molar-refractivity contribution in [1.82, 2.24) is 10.2 Å². The molecule has 0 spiro atoms. The van der Waals surface area contributed by atoms with Crippen LogP contribution in [0.15, 0.2) is 28.7 Å². The van der Waals surface area contributed by atoms with Gasteiger partial charge in [0.1, 0.15) is 5.76 Å². The van der Waals surface area contributed by atoms with E-state index in [0.717, 1.165) is 12.3 Å². The van der Waals surface area contributed by atoms with Crippen LogP contribution in [0.3, 0.4) is 0 Å². The molecule has 32 heavy (non-hydrogen) atoms. The van der Waals surface area contributed by atoms with Gasteiger partial charge in [-0.1, -0.05) is 53.7 Å². The van der Waals surface area contributed by atoms with E-state index in [-0.39, 0.29) is 22.2 Å². The number of fused-ring (bicyclic) bond motifs is 1. The van der Waals surface area contributed by atoms with E-state index in [1.807, 2.05) is 20.2 Å². The van der Waals surface area contributed by atoms with Gasteiger partial charge in [-0.05, 0) is 84.5 Å². The first-order chi connectivity index (χ1) is 14.7. The maximum absolute atomic E-state index is 12.6. The van der Waals surface area contributed by atoms with E-state index in [4.69, 9.17) is 4.42 Å². The summed E-state index contributed by atoms with van der Waals surface area (Å²) in [6.07, 6.45) is 3.12. The number of nitrogens with zero attached hydrogens (tertiary/aromatic N) is 1. The molecule has 1 aromatic carbocycles. The molecule has 3 rings (SSSR count). The molecule has 0 saturated heterocycles. The first kappa shape index (κ1) is 24.6. The molecule has 0 atom stereocenters. The summed E-state index contributed by atoms with van der Waals surface area (Å²) in [6, 6.07) is 8.50. The summed E-state index contributed by atoms with van der Waals surface area (Å²) < 4.78 is 5.97. The van der Waals surface area contributed by atoms with E-state index >= 15 is 0 Å². The zero-order chi connectivity index (χ0) is 23.9. The Morgan fingerprint density at radius 1 is 1.06 bits per heavy atom. The lowest BCUT2D eigenvalue weighted by atomic mass is 9.62. The second kappa shape index (κ2) is 8.70. The number of hydrogen-bond acceptors (Lipinski definition) is 3. The van der Waals surface area contributed by atoms with Crippen LogP contribution in [0.4, 0.5) is 0 Å². The zero-order valence-electron chi connectivity index (χ0n) is 21.6. The summed E-state index contributed by atoms with van der Waals surface area (Å²) in [4.78, 5) is 14.8. The summed E-state index contributed by atoms with van der Waals surface area (Å²) in [5.41, 5.74) is 5.91. The molecule has 1 amide bonds. The van der Waals surface area contributed by atoms with Gasteiger partial charge in [0.15, 0.2) is 5.76 Å². The smallest absolute Gasteiger partial charge is 0.287 e.